The average Bonchev–Trinajstić information content (AvgIpc) is 3.47. The van der Waals surface area contributed by atoms with Crippen molar-refractivity contribution in [1.29, 1.82) is 0 Å². The van der Waals surface area contributed by atoms with E-state index in [2.05, 4.69) is 114 Å². The molecule has 1 unspecified atom stereocenters. The number of aromatic amines is 1. The first kappa shape index (κ1) is 22.0. The van der Waals surface area contributed by atoms with E-state index in [4.69, 9.17) is 0 Å². The van der Waals surface area contributed by atoms with Gasteiger partial charge >= 0.3 is 0 Å². The third-order valence-corrected chi connectivity index (χ3v) is 11.2. The molecule has 7 aromatic rings. The van der Waals surface area contributed by atoms with Crippen LogP contribution in [0.4, 0.5) is 0 Å². The Bertz CT molecular complexity index is 1860. The summed E-state index contributed by atoms with van der Waals surface area (Å²) in [6, 6.07) is 50.1. The number of hydrogen-bond acceptors (Lipinski definition) is 0. The number of rotatable bonds is 1. The molecule has 37 heavy (non-hydrogen) atoms. The minimum absolute atomic E-state index is 1.20. The van der Waals surface area contributed by atoms with Crippen LogP contribution in [-0.4, -0.2) is 11.2 Å². The van der Waals surface area contributed by atoms with E-state index in [0.717, 1.165) is 0 Å². The molecule has 0 amide bonds. The van der Waals surface area contributed by atoms with Gasteiger partial charge in [-0.25, -0.2) is 0 Å². The van der Waals surface area contributed by atoms with Gasteiger partial charge in [-0.1, -0.05) is 97.1 Å². The monoisotopic (exact) mass is 493 g/mol. The predicted molar refractivity (Wildman–Crippen MR) is 160 cm³/mol. The van der Waals surface area contributed by atoms with E-state index < -0.39 is 10.0 Å². The fourth-order valence-corrected chi connectivity index (χ4v) is 9.12. The summed E-state index contributed by atoms with van der Waals surface area (Å²) in [6.45, 7) is 0. The van der Waals surface area contributed by atoms with Gasteiger partial charge in [-0.05, 0) is 70.0 Å². The zero-order chi connectivity index (χ0) is 24.8. The van der Waals surface area contributed by atoms with Gasteiger partial charge in [0.05, 0.1) is 0 Å². The van der Waals surface area contributed by atoms with Crippen LogP contribution in [0.25, 0.3) is 43.7 Å². The molecule has 8 rings (SSSR count). The molecule has 0 saturated heterocycles. The molecule has 2 heterocycles. The van der Waals surface area contributed by atoms with Crippen molar-refractivity contribution in [1.82, 2.24) is 4.98 Å². The Morgan fingerprint density at radius 2 is 1.14 bits per heavy atom. The third-order valence-electron chi connectivity index (χ3n) is 7.52. The first-order valence-electron chi connectivity index (χ1n) is 12.7. The van der Waals surface area contributed by atoms with E-state index >= 15 is 0 Å². The maximum absolute atomic E-state index is 3.64. The molecule has 1 aliphatic heterocycles. The number of H-pyrrole nitrogens is 1. The van der Waals surface area contributed by atoms with E-state index in [-0.39, 0.29) is 0 Å². The molecule has 0 spiro atoms. The number of nitrogens with one attached hydrogen (secondary N) is 1. The molecule has 2 heteroatoms. The molecular formula is C35H27NS. The number of fused-ring (bicyclic) bond motifs is 8. The van der Waals surface area contributed by atoms with Crippen molar-refractivity contribution < 1.29 is 0 Å². The van der Waals surface area contributed by atoms with Crippen LogP contribution in [-0.2, 0) is 0 Å². The lowest BCUT2D eigenvalue weighted by molar-refractivity contribution is 1.37. The molecular weight excluding hydrogens is 466 g/mol. The molecule has 0 fully saturated rings. The van der Waals surface area contributed by atoms with Crippen LogP contribution >= 0.6 is 10.0 Å². The molecule has 0 aliphatic carbocycles. The van der Waals surface area contributed by atoms with Gasteiger partial charge < -0.3 is 4.98 Å². The highest BCUT2D eigenvalue weighted by atomic mass is 32.3. The topological polar surface area (TPSA) is 15.8 Å². The number of benzene rings is 6. The summed E-state index contributed by atoms with van der Waals surface area (Å²) in [5.74, 6) is 0. The highest BCUT2D eigenvalue weighted by molar-refractivity contribution is 8.33. The van der Waals surface area contributed by atoms with Gasteiger partial charge in [-0.2, -0.15) is 10.0 Å². The van der Waals surface area contributed by atoms with Crippen LogP contribution in [0.2, 0.25) is 0 Å². The van der Waals surface area contributed by atoms with Crippen molar-refractivity contribution in [2.75, 3.05) is 6.26 Å². The molecule has 178 valence electrons. The van der Waals surface area contributed by atoms with Crippen LogP contribution in [0.1, 0.15) is 0 Å². The molecule has 1 N–H and O–H groups in total. The van der Waals surface area contributed by atoms with Gasteiger partial charge in [0.15, 0.2) is 0 Å². The van der Waals surface area contributed by atoms with Crippen molar-refractivity contribution >= 4 is 42.6 Å². The van der Waals surface area contributed by atoms with Gasteiger partial charge in [0, 0.05) is 37.2 Å². The Morgan fingerprint density at radius 3 is 1.92 bits per heavy atom. The normalized spacial score (nSPS) is 17.5. The SMILES string of the molecule is CS1(c2ccccc2)c2ccccc2-c2c1ccc1cc3c(cc21)[nH]c1ccccc13.c1ccccc1. The quantitative estimate of drug-likeness (QED) is 0.234. The van der Waals surface area contributed by atoms with Gasteiger partial charge in [0.1, 0.15) is 0 Å². The Labute approximate surface area is 218 Å². The zero-order valence-corrected chi connectivity index (χ0v) is 21.5. The number of hydrogen-bond donors (Lipinski definition) is 1. The molecule has 0 bridgehead atoms. The van der Waals surface area contributed by atoms with Crippen molar-refractivity contribution in [3.8, 4) is 11.1 Å². The van der Waals surface area contributed by atoms with Gasteiger partial charge in [-0.3, -0.25) is 0 Å². The minimum Gasteiger partial charge on any atom is -0.354 e. The van der Waals surface area contributed by atoms with Gasteiger partial charge in [0.25, 0.3) is 0 Å². The highest BCUT2D eigenvalue weighted by Gasteiger charge is 2.37. The van der Waals surface area contributed by atoms with Crippen LogP contribution in [0.5, 0.6) is 0 Å². The summed E-state index contributed by atoms with van der Waals surface area (Å²) in [4.78, 5) is 8.02. The fraction of sp³-hybridized carbons (Fsp3) is 0.0286. The first-order chi connectivity index (χ1) is 18.2. The fourth-order valence-electron chi connectivity index (χ4n) is 5.75. The second-order valence-electron chi connectivity index (χ2n) is 9.61. The molecule has 1 aliphatic rings. The maximum Gasteiger partial charge on any atom is 0.0471 e. The minimum atomic E-state index is -1.28. The predicted octanol–water partition coefficient (Wildman–Crippen LogP) is 10.1. The van der Waals surface area contributed by atoms with Gasteiger partial charge in [0.2, 0.25) is 0 Å². The van der Waals surface area contributed by atoms with Crippen molar-refractivity contribution in [3.63, 3.8) is 0 Å². The molecule has 6 aromatic carbocycles. The van der Waals surface area contributed by atoms with Crippen molar-refractivity contribution in [3.05, 3.63) is 140 Å². The van der Waals surface area contributed by atoms with E-state index in [0.29, 0.717) is 0 Å². The molecule has 1 aromatic heterocycles. The molecule has 1 atom stereocenters. The first-order valence-corrected chi connectivity index (χ1v) is 14.7. The second-order valence-corrected chi connectivity index (χ2v) is 12.8. The second kappa shape index (κ2) is 8.69. The lowest BCUT2D eigenvalue weighted by Gasteiger charge is -2.34. The number of para-hydroxylation sites is 1. The maximum atomic E-state index is 3.64. The third kappa shape index (κ3) is 3.41. The van der Waals surface area contributed by atoms with E-state index in [1.807, 2.05) is 36.4 Å². The molecule has 0 saturated carbocycles. The largest absolute Gasteiger partial charge is 0.354 e. The standard InChI is InChI=1S/C29H21NS.C6H6/c1-31(20-9-3-2-4-10-20)27-14-8-6-12-22(27)29-23-18-26-24(17-19(23)15-16-28(29)31)21-11-5-7-13-25(21)30-26;1-2-4-6-5-3-1/h2-18,30H,1H3;1-6H. The summed E-state index contributed by atoms with van der Waals surface area (Å²) in [7, 11) is -1.28. The Morgan fingerprint density at radius 1 is 0.486 bits per heavy atom. The van der Waals surface area contributed by atoms with E-state index in [1.54, 1.807) is 0 Å². The van der Waals surface area contributed by atoms with Crippen LogP contribution in [0, 0.1) is 0 Å². The summed E-state index contributed by atoms with van der Waals surface area (Å²) >= 11 is 0. The summed E-state index contributed by atoms with van der Waals surface area (Å²) in [5.41, 5.74) is 5.21. The van der Waals surface area contributed by atoms with Gasteiger partial charge in [-0.15, -0.1) is 0 Å². The van der Waals surface area contributed by atoms with Crippen LogP contribution in [0.3, 0.4) is 0 Å². The summed E-state index contributed by atoms with van der Waals surface area (Å²) in [6.07, 6.45) is 2.46. The van der Waals surface area contributed by atoms with Crippen molar-refractivity contribution in [2.24, 2.45) is 0 Å². The average molecular weight is 494 g/mol. The highest BCUT2D eigenvalue weighted by Crippen LogP contribution is 2.74. The lowest BCUT2D eigenvalue weighted by Crippen LogP contribution is -1.97. The smallest absolute Gasteiger partial charge is 0.0471 e. The Balaban J connectivity index is 0.000000342. The lowest BCUT2D eigenvalue weighted by atomic mass is 9.97. The van der Waals surface area contributed by atoms with Crippen LogP contribution in [0.15, 0.2) is 154 Å². The Hall–Kier alpha value is -4.27. The van der Waals surface area contributed by atoms with Crippen LogP contribution < -0.4 is 0 Å². The molecule has 0 radical (unpaired) electrons. The molecule has 1 nitrogen and oxygen atoms in total. The summed E-state index contributed by atoms with van der Waals surface area (Å²) in [5, 5.41) is 5.24. The Kier molecular flexibility index (Phi) is 5.16. The summed E-state index contributed by atoms with van der Waals surface area (Å²) < 4.78 is 0. The van der Waals surface area contributed by atoms with E-state index in [1.165, 1.54) is 58.4 Å². The number of aromatic nitrogens is 1. The zero-order valence-electron chi connectivity index (χ0n) is 20.7. The van der Waals surface area contributed by atoms with E-state index in [9.17, 15) is 0 Å². The van der Waals surface area contributed by atoms with Crippen molar-refractivity contribution in [2.45, 2.75) is 14.7 Å².